The first-order valence-electron chi connectivity index (χ1n) is 14.1. The molecule has 0 aliphatic carbocycles. The minimum absolute atomic E-state index is 0.0328. The smallest absolute Gasteiger partial charge is 0.410 e. The van der Waals surface area contributed by atoms with Gasteiger partial charge < -0.3 is 23.6 Å². The number of aromatic nitrogens is 2. The summed E-state index contributed by atoms with van der Waals surface area (Å²) in [4.78, 5) is 34.3. The highest BCUT2D eigenvalue weighted by Crippen LogP contribution is 2.38. The number of piperazine rings is 1. The van der Waals surface area contributed by atoms with Crippen LogP contribution in [0.2, 0.25) is 5.02 Å². The average molecular weight is 631 g/mol. The Bertz CT molecular complexity index is 1590. The van der Waals surface area contributed by atoms with E-state index in [9.17, 15) is 18.4 Å². The number of esters is 1. The van der Waals surface area contributed by atoms with Gasteiger partial charge in [0.05, 0.1) is 28.8 Å². The number of carbonyl (C=O) groups excluding carboxylic acids is 2. The third-order valence-electron chi connectivity index (χ3n) is 7.44. The molecule has 0 saturated carbocycles. The van der Waals surface area contributed by atoms with Crippen molar-refractivity contribution >= 4 is 29.2 Å². The van der Waals surface area contributed by atoms with Gasteiger partial charge in [0.15, 0.2) is 12.4 Å². The quantitative estimate of drug-likeness (QED) is 0.233. The standard InChI is InChI=1S/C31H33ClF2N4O6/c1-6-41-29(39)26-20(11-18-14-38(15-24(26)37(18)5)30(40)43-31(2,3)4)17-7-10-25(35-13-17)42-16-19-12-23(36-44-19)27-21(33)8-9-22(34)28(27)32/h7-10,12-13,18,24H,6,11,14-16H2,1-5H3. The highest BCUT2D eigenvalue weighted by Gasteiger charge is 2.45. The lowest BCUT2D eigenvalue weighted by atomic mass is 9.82. The summed E-state index contributed by atoms with van der Waals surface area (Å²) in [5, 5.41) is 3.40. The van der Waals surface area contributed by atoms with Crippen LogP contribution < -0.4 is 4.74 Å². The summed E-state index contributed by atoms with van der Waals surface area (Å²) in [6.07, 6.45) is 1.69. The molecule has 1 amide bonds. The lowest BCUT2D eigenvalue weighted by Crippen LogP contribution is -2.62. The van der Waals surface area contributed by atoms with Crippen molar-refractivity contribution in [2.24, 2.45) is 0 Å². The minimum Gasteiger partial charge on any atom is -0.469 e. The Morgan fingerprint density at radius 3 is 2.57 bits per heavy atom. The van der Waals surface area contributed by atoms with Gasteiger partial charge in [-0.15, -0.1) is 0 Å². The monoisotopic (exact) mass is 630 g/mol. The Kier molecular flexibility index (Phi) is 8.94. The number of halogens is 3. The molecule has 13 heteroatoms. The number of fused-ring (bicyclic) bond motifs is 2. The SMILES string of the molecule is CCOC(=O)C1=C(c2ccc(OCc3cc(-c4c(F)ccc(F)c4Cl)no3)nc2)CC2CN(C(=O)OC(C)(C)C)CC1N2C. The average Bonchev–Trinajstić information content (AvgIpc) is 3.42. The zero-order valence-electron chi connectivity index (χ0n) is 25.0. The van der Waals surface area contributed by atoms with Gasteiger partial charge in [0.25, 0.3) is 0 Å². The molecule has 1 aromatic carbocycles. The largest absolute Gasteiger partial charge is 0.469 e. The molecule has 3 aromatic rings. The van der Waals surface area contributed by atoms with Gasteiger partial charge in [0, 0.05) is 37.5 Å². The van der Waals surface area contributed by atoms with E-state index < -0.39 is 40.4 Å². The number of amides is 1. The molecule has 2 unspecified atom stereocenters. The van der Waals surface area contributed by atoms with Gasteiger partial charge in [-0.25, -0.2) is 23.4 Å². The molecule has 2 aliphatic heterocycles. The number of likely N-dealkylation sites (N-methyl/N-ethyl adjacent to an activating group) is 1. The Labute approximate surface area is 258 Å². The van der Waals surface area contributed by atoms with Gasteiger partial charge in [-0.05, 0) is 70.5 Å². The number of rotatable bonds is 7. The summed E-state index contributed by atoms with van der Waals surface area (Å²) in [5.74, 6) is -1.44. The maximum atomic E-state index is 14.3. The van der Waals surface area contributed by atoms with Crippen molar-refractivity contribution in [2.45, 2.75) is 58.4 Å². The van der Waals surface area contributed by atoms with Crippen LogP contribution in [-0.4, -0.2) is 76.4 Å². The predicted molar refractivity (Wildman–Crippen MR) is 157 cm³/mol. The molecule has 0 radical (unpaired) electrons. The van der Waals surface area contributed by atoms with Crippen LogP contribution in [0, 0.1) is 11.6 Å². The Morgan fingerprint density at radius 2 is 1.89 bits per heavy atom. The van der Waals surface area contributed by atoms with E-state index in [0.29, 0.717) is 18.5 Å². The Morgan fingerprint density at radius 1 is 1.14 bits per heavy atom. The van der Waals surface area contributed by atoms with Crippen LogP contribution in [0.15, 0.2) is 46.6 Å². The zero-order valence-corrected chi connectivity index (χ0v) is 25.8. The van der Waals surface area contributed by atoms with E-state index >= 15 is 0 Å². The second-order valence-corrected chi connectivity index (χ2v) is 12.0. The molecule has 5 rings (SSSR count). The van der Waals surface area contributed by atoms with Crippen molar-refractivity contribution in [1.29, 1.82) is 0 Å². The highest BCUT2D eigenvalue weighted by atomic mass is 35.5. The summed E-state index contributed by atoms with van der Waals surface area (Å²) in [6.45, 7) is 8.04. The number of hydrogen-bond acceptors (Lipinski definition) is 9. The molecular formula is C31H33ClF2N4O6. The molecule has 10 nitrogen and oxygen atoms in total. The third kappa shape index (κ3) is 6.56. The van der Waals surface area contributed by atoms with Crippen LogP contribution in [0.3, 0.4) is 0 Å². The van der Waals surface area contributed by atoms with Gasteiger partial charge in [-0.3, -0.25) is 4.90 Å². The maximum Gasteiger partial charge on any atom is 0.410 e. The summed E-state index contributed by atoms with van der Waals surface area (Å²) in [6, 6.07) is 6.32. The number of carbonyl (C=O) groups is 2. The van der Waals surface area contributed by atoms with E-state index in [4.69, 9.17) is 30.3 Å². The van der Waals surface area contributed by atoms with Crippen molar-refractivity contribution < 1.29 is 37.1 Å². The second kappa shape index (κ2) is 12.5. The molecule has 2 bridgehead atoms. The van der Waals surface area contributed by atoms with E-state index in [1.807, 2.05) is 27.8 Å². The topological polar surface area (TPSA) is 107 Å². The third-order valence-corrected chi connectivity index (χ3v) is 7.81. The van der Waals surface area contributed by atoms with E-state index in [-0.39, 0.29) is 48.7 Å². The fourth-order valence-electron chi connectivity index (χ4n) is 5.37. The van der Waals surface area contributed by atoms with Crippen molar-refractivity contribution in [3.05, 3.63) is 70.1 Å². The summed E-state index contributed by atoms with van der Waals surface area (Å²) >= 11 is 5.93. The summed E-state index contributed by atoms with van der Waals surface area (Å²) in [5.41, 5.74) is 1.20. The number of hydrogen-bond donors (Lipinski definition) is 0. The first-order valence-corrected chi connectivity index (χ1v) is 14.5. The fourth-order valence-corrected chi connectivity index (χ4v) is 5.62. The first kappa shape index (κ1) is 31.4. The predicted octanol–water partition coefficient (Wildman–Crippen LogP) is 5.89. The molecule has 4 heterocycles. The zero-order chi connectivity index (χ0) is 31.8. The second-order valence-electron chi connectivity index (χ2n) is 11.6. The van der Waals surface area contributed by atoms with Gasteiger partial charge >= 0.3 is 12.1 Å². The van der Waals surface area contributed by atoms with E-state index in [1.54, 1.807) is 30.2 Å². The molecule has 1 fully saturated rings. The number of benzene rings is 1. The van der Waals surface area contributed by atoms with Crippen LogP contribution in [0.5, 0.6) is 5.88 Å². The van der Waals surface area contributed by atoms with Gasteiger partial charge in [-0.1, -0.05) is 16.8 Å². The molecule has 2 aromatic heterocycles. The van der Waals surface area contributed by atoms with Crippen LogP contribution in [0.1, 0.15) is 45.4 Å². The van der Waals surface area contributed by atoms with Gasteiger partial charge in [0.1, 0.15) is 22.9 Å². The van der Waals surface area contributed by atoms with E-state index in [2.05, 4.69) is 15.0 Å². The molecule has 2 aliphatic rings. The van der Waals surface area contributed by atoms with Crippen molar-refractivity contribution in [2.75, 3.05) is 26.7 Å². The first-order chi connectivity index (χ1) is 20.9. The fraction of sp³-hybridized carbons (Fsp3) is 0.419. The van der Waals surface area contributed by atoms with Crippen molar-refractivity contribution in [1.82, 2.24) is 19.9 Å². The van der Waals surface area contributed by atoms with Crippen LogP contribution in [-0.2, 0) is 20.9 Å². The molecule has 234 valence electrons. The number of nitrogens with zero attached hydrogens (tertiary/aromatic N) is 4. The van der Waals surface area contributed by atoms with Crippen LogP contribution in [0.25, 0.3) is 16.8 Å². The number of pyridine rings is 1. The molecular weight excluding hydrogens is 598 g/mol. The minimum atomic E-state index is -0.775. The lowest BCUT2D eigenvalue weighted by molar-refractivity contribution is -0.140. The normalized spacial score (nSPS) is 18.8. The Hall–Kier alpha value is -4.03. The van der Waals surface area contributed by atoms with Gasteiger partial charge in [-0.2, -0.15) is 0 Å². The highest BCUT2D eigenvalue weighted by molar-refractivity contribution is 6.33. The molecule has 2 atom stereocenters. The van der Waals surface area contributed by atoms with Gasteiger partial charge in [0.2, 0.25) is 5.88 Å². The molecule has 44 heavy (non-hydrogen) atoms. The van der Waals surface area contributed by atoms with Crippen LogP contribution in [0.4, 0.5) is 13.6 Å². The van der Waals surface area contributed by atoms with Crippen molar-refractivity contribution in [3.8, 4) is 17.1 Å². The van der Waals surface area contributed by atoms with E-state index in [0.717, 1.165) is 23.3 Å². The molecule has 0 spiro atoms. The number of ether oxygens (including phenoxy) is 3. The summed E-state index contributed by atoms with van der Waals surface area (Å²) in [7, 11) is 1.94. The van der Waals surface area contributed by atoms with Crippen molar-refractivity contribution in [3.63, 3.8) is 0 Å². The lowest BCUT2D eigenvalue weighted by Gasteiger charge is -2.49. The molecule has 0 N–H and O–H groups in total. The summed E-state index contributed by atoms with van der Waals surface area (Å²) < 4.78 is 50.1. The maximum absolute atomic E-state index is 14.3. The van der Waals surface area contributed by atoms with Crippen LogP contribution >= 0.6 is 11.6 Å². The molecule has 1 saturated heterocycles. The Balaban J connectivity index is 1.34. The van der Waals surface area contributed by atoms with E-state index in [1.165, 1.54) is 6.07 Å².